The summed E-state index contributed by atoms with van der Waals surface area (Å²) < 4.78 is 1.49. The number of aromatic nitrogens is 3. The van der Waals surface area contributed by atoms with Crippen LogP contribution in [0.25, 0.3) is 10.9 Å². The van der Waals surface area contributed by atoms with Crippen LogP contribution < -0.4 is 10.6 Å². The lowest BCUT2D eigenvalue weighted by Gasteiger charge is -2.11. The van der Waals surface area contributed by atoms with Crippen molar-refractivity contribution in [3.63, 3.8) is 0 Å². The van der Waals surface area contributed by atoms with Gasteiger partial charge in [-0.1, -0.05) is 25.1 Å². The lowest BCUT2D eigenvalue weighted by Crippen LogP contribution is -2.30. The number of Topliss-reactive ketones (excluding diaryl/α,β-unsaturated/α-hetero) is 1. The van der Waals surface area contributed by atoms with Gasteiger partial charge in [0, 0.05) is 40.2 Å². The Kier molecular flexibility index (Phi) is 5.63. The summed E-state index contributed by atoms with van der Waals surface area (Å²) in [6.07, 6.45) is 0.833. The summed E-state index contributed by atoms with van der Waals surface area (Å²) >= 11 is 1.69. The first-order valence-corrected chi connectivity index (χ1v) is 11.0. The standard InChI is InChI=1S/C21H23N5O3S/c1-3-8-22-17(27)9-26-20(14-10-30-11-16(14)25-26)24-21(29)19(28)18-12(2)23-15-7-5-4-6-13(15)18/h4-7,23H,3,8-11H2,1-2H3,(H,22,27)(H,24,29). The number of nitrogens with zero attached hydrogens (tertiary/aromatic N) is 2. The van der Waals surface area contributed by atoms with Gasteiger partial charge in [0.25, 0.3) is 11.7 Å². The van der Waals surface area contributed by atoms with Gasteiger partial charge in [-0.15, -0.1) is 0 Å². The summed E-state index contributed by atoms with van der Waals surface area (Å²) in [6.45, 7) is 4.32. The predicted molar refractivity (Wildman–Crippen MR) is 117 cm³/mol. The van der Waals surface area contributed by atoms with Crippen LogP contribution in [0.1, 0.15) is 40.7 Å². The monoisotopic (exact) mass is 425 g/mol. The van der Waals surface area contributed by atoms with Crippen molar-refractivity contribution < 1.29 is 14.4 Å². The molecule has 4 rings (SSSR count). The molecule has 1 aliphatic rings. The van der Waals surface area contributed by atoms with Crippen LogP contribution in [0, 0.1) is 6.92 Å². The van der Waals surface area contributed by atoms with Crippen molar-refractivity contribution in [2.24, 2.45) is 0 Å². The van der Waals surface area contributed by atoms with E-state index in [4.69, 9.17) is 0 Å². The van der Waals surface area contributed by atoms with Crippen molar-refractivity contribution >= 4 is 46.1 Å². The molecule has 3 heterocycles. The molecule has 0 saturated carbocycles. The van der Waals surface area contributed by atoms with E-state index in [2.05, 4.69) is 20.7 Å². The van der Waals surface area contributed by atoms with Crippen LogP contribution in [-0.4, -0.2) is 38.9 Å². The van der Waals surface area contributed by atoms with Crippen LogP contribution >= 0.6 is 11.8 Å². The molecule has 3 N–H and O–H groups in total. The molecule has 1 aromatic carbocycles. The maximum Gasteiger partial charge on any atom is 0.298 e. The molecule has 0 unspecified atom stereocenters. The van der Waals surface area contributed by atoms with Crippen molar-refractivity contribution in [1.29, 1.82) is 0 Å². The topological polar surface area (TPSA) is 109 Å². The summed E-state index contributed by atoms with van der Waals surface area (Å²) in [5.74, 6) is 0.293. The zero-order valence-corrected chi connectivity index (χ0v) is 17.7. The third-order valence-electron chi connectivity index (χ3n) is 5.04. The number of nitrogens with one attached hydrogen (secondary N) is 3. The molecule has 0 fully saturated rings. The number of carbonyl (C=O) groups is 3. The molecule has 2 amide bonds. The number of benzene rings is 1. The van der Waals surface area contributed by atoms with Gasteiger partial charge in [-0.2, -0.15) is 16.9 Å². The Labute approximate surface area is 177 Å². The van der Waals surface area contributed by atoms with Crippen LogP contribution in [0.5, 0.6) is 0 Å². The predicted octanol–water partition coefficient (Wildman–Crippen LogP) is 2.77. The number of hydrogen-bond donors (Lipinski definition) is 3. The molecule has 2 aromatic heterocycles. The third kappa shape index (κ3) is 3.72. The van der Waals surface area contributed by atoms with E-state index < -0.39 is 11.7 Å². The highest BCUT2D eigenvalue weighted by Crippen LogP contribution is 2.35. The largest absolute Gasteiger partial charge is 0.358 e. The second-order valence-electron chi connectivity index (χ2n) is 7.23. The molecule has 0 atom stereocenters. The van der Waals surface area contributed by atoms with E-state index in [1.807, 2.05) is 31.2 Å². The molecule has 0 saturated heterocycles. The molecular weight excluding hydrogens is 402 g/mol. The molecule has 9 heteroatoms. The van der Waals surface area contributed by atoms with Crippen molar-refractivity contribution in [3.05, 3.63) is 46.8 Å². The number of fused-ring (bicyclic) bond motifs is 2. The second-order valence-corrected chi connectivity index (χ2v) is 8.21. The van der Waals surface area contributed by atoms with E-state index in [1.165, 1.54) is 4.68 Å². The van der Waals surface area contributed by atoms with Crippen LogP contribution in [0.3, 0.4) is 0 Å². The molecule has 156 valence electrons. The molecule has 0 radical (unpaired) electrons. The van der Waals surface area contributed by atoms with Gasteiger partial charge in [0.15, 0.2) is 0 Å². The molecule has 0 spiro atoms. The third-order valence-corrected chi connectivity index (χ3v) is 6.01. The quantitative estimate of drug-likeness (QED) is 0.398. The number of carbonyl (C=O) groups excluding carboxylic acids is 3. The number of amides is 2. The van der Waals surface area contributed by atoms with Gasteiger partial charge in [-0.3, -0.25) is 14.4 Å². The average molecular weight is 426 g/mol. The fourth-order valence-corrected chi connectivity index (χ4v) is 4.66. The summed E-state index contributed by atoms with van der Waals surface area (Å²) in [6, 6.07) is 7.38. The Hall–Kier alpha value is -3.07. The molecule has 30 heavy (non-hydrogen) atoms. The fraction of sp³-hybridized carbons (Fsp3) is 0.333. The Morgan fingerprint density at radius 3 is 2.83 bits per heavy atom. The minimum absolute atomic E-state index is 0.00637. The second kappa shape index (κ2) is 8.35. The molecule has 0 bridgehead atoms. The van der Waals surface area contributed by atoms with Gasteiger partial charge in [0.2, 0.25) is 5.91 Å². The number of thioether (sulfide) groups is 1. The van der Waals surface area contributed by atoms with E-state index in [1.54, 1.807) is 18.7 Å². The molecule has 0 aliphatic carbocycles. The normalized spacial score (nSPS) is 12.7. The van der Waals surface area contributed by atoms with Gasteiger partial charge in [0.1, 0.15) is 12.4 Å². The summed E-state index contributed by atoms with van der Waals surface area (Å²) in [5.41, 5.74) is 3.53. The first kappa shape index (κ1) is 20.2. The molecular formula is C21H23N5O3S. The van der Waals surface area contributed by atoms with E-state index in [0.717, 1.165) is 28.9 Å². The summed E-state index contributed by atoms with van der Waals surface area (Å²) in [7, 11) is 0. The lowest BCUT2D eigenvalue weighted by molar-refractivity contribution is -0.121. The Bertz CT molecular complexity index is 1150. The van der Waals surface area contributed by atoms with E-state index in [9.17, 15) is 14.4 Å². The number of rotatable bonds is 7. The maximum absolute atomic E-state index is 13.0. The Morgan fingerprint density at radius 2 is 2.03 bits per heavy atom. The highest BCUT2D eigenvalue weighted by molar-refractivity contribution is 7.98. The Balaban J connectivity index is 1.60. The van der Waals surface area contributed by atoms with Gasteiger partial charge in [-0.25, -0.2) is 4.68 Å². The minimum atomic E-state index is -0.738. The number of H-pyrrole nitrogens is 1. The highest BCUT2D eigenvalue weighted by atomic mass is 32.2. The van der Waals surface area contributed by atoms with Gasteiger partial charge >= 0.3 is 0 Å². The van der Waals surface area contributed by atoms with E-state index in [-0.39, 0.29) is 12.5 Å². The van der Waals surface area contributed by atoms with Gasteiger partial charge in [0.05, 0.1) is 11.3 Å². The van der Waals surface area contributed by atoms with Crippen molar-refractivity contribution in [2.45, 2.75) is 38.3 Å². The number of anilines is 1. The fourth-order valence-electron chi connectivity index (χ4n) is 3.62. The van der Waals surface area contributed by atoms with Crippen molar-refractivity contribution in [2.75, 3.05) is 11.9 Å². The maximum atomic E-state index is 13.0. The summed E-state index contributed by atoms with van der Waals surface area (Å²) in [4.78, 5) is 41.2. The van der Waals surface area contributed by atoms with Crippen LogP contribution in [0.2, 0.25) is 0 Å². The van der Waals surface area contributed by atoms with Crippen molar-refractivity contribution in [1.82, 2.24) is 20.1 Å². The van der Waals surface area contributed by atoms with Crippen LogP contribution in [0.15, 0.2) is 24.3 Å². The smallest absolute Gasteiger partial charge is 0.298 e. The summed E-state index contributed by atoms with van der Waals surface area (Å²) in [5, 5.41) is 10.7. The van der Waals surface area contributed by atoms with Crippen LogP contribution in [0.4, 0.5) is 5.82 Å². The first-order chi connectivity index (χ1) is 14.5. The zero-order chi connectivity index (χ0) is 21.3. The van der Waals surface area contributed by atoms with Gasteiger partial charge in [-0.05, 0) is 19.4 Å². The molecule has 1 aliphatic heterocycles. The van der Waals surface area contributed by atoms with Crippen molar-refractivity contribution in [3.8, 4) is 0 Å². The number of hydrogen-bond acceptors (Lipinski definition) is 5. The van der Waals surface area contributed by atoms with E-state index in [0.29, 0.717) is 34.8 Å². The molecule has 3 aromatic rings. The highest BCUT2D eigenvalue weighted by Gasteiger charge is 2.28. The number of ketones is 1. The average Bonchev–Trinajstić information content (AvgIpc) is 3.39. The van der Waals surface area contributed by atoms with Crippen LogP contribution in [-0.2, 0) is 27.6 Å². The Morgan fingerprint density at radius 1 is 1.23 bits per heavy atom. The SMILES string of the molecule is CCCNC(=O)Cn1nc2c(c1NC(=O)C(=O)c1c(C)[nH]c3ccccc13)CSC2. The molecule has 8 nitrogen and oxygen atoms in total. The number of para-hydroxylation sites is 1. The first-order valence-electron chi connectivity index (χ1n) is 9.85. The minimum Gasteiger partial charge on any atom is -0.358 e. The number of aryl methyl sites for hydroxylation is 1. The number of aromatic amines is 1. The lowest BCUT2D eigenvalue weighted by atomic mass is 10.1. The van der Waals surface area contributed by atoms with Gasteiger partial charge < -0.3 is 15.6 Å². The van der Waals surface area contributed by atoms with E-state index >= 15 is 0 Å². The zero-order valence-electron chi connectivity index (χ0n) is 16.9.